The highest BCUT2D eigenvalue weighted by Crippen LogP contribution is 2.20. The zero-order valence-corrected chi connectivity index (χ0v) is 14.2. The van der Waals surface area contributed by atoms with Gasteiger partial charge in [-0.2, -0.15) is 0 Å². The highest BCUT2D eigenvalue weighted by Gasteiger charge is 2.38. The van der Waals surface area contributed by atoms with Crippen LogP contribution < -0.4 is 16.4 Å². The molecule has 1 fully saturated rings. The maximum atomic E-state index is 12.7. The molecule has 1 rings (SSSR count). The van der Waals surface area contributed by atoms with Gasteiger partial charge in [-0.1, -0.05) is 13.8 Å². The molecule has 1 aliphatic heterocycles. The van der Waals surface area contributed by atoms with Gasteiger partial charge in [0.15, 0.2) is 0 Å². The number of carboxylic acid groups (broad SMARTS) is 1. The normalized spacial score (nSPS) is 19.7. The van der Waals surface area contributed by atoms with E-state index in [4.69, 9.17) is 5.73 Å². The van der Waals surface area contributed by atoms with Crippen LogP contribution in [0.5, 0.6) is 0 Å². The monoisotopic (exact) mass is 342 g/mol. The summed E-state index contributed by atoms with van der Waals surface area (Å²) in [5.74, 6) is -2.68. The minimum Gasteiger partial charge on any atom is -0.480 e. The van der Waals surface area contributed by atoms with Gasteiger partial charge in [-0.15, -0.1) is 0 Å². The van der Waals surface area contributed by atoms with Crippen molar-refractivity contribution in [3.63, 3.8) is 0 Å². The number of nitrogens with zero attached hydrogens (tertiary/aromatic N) is 1. The zero-order valence-electron chi connectivity index (χ0n) is 14.2. The standard InChI is InChI=1S/C15H26N4O5/c1-8(2)12(18-13(21)9(3)17-11(20)7-16)14(22)19-6-4-5-10(19)15(23)24/h8-10,12H,4-7,16H2,1-3H3,(H,17,20)(H,18,21)(H,23,24)/t9-,10-,12-/m0/s1. The first-order valence-corrected chi connectivity index (χ1v) is 8.02. The van der Waals surface area contributed by atoms with Crippen molar-refractivity contribution in [2.45, 2.75) is 51.7 Å². The molecule has 3 amide bonds. The maximum Gasteiger partial charge on any atom is 0.326 e. The quantitative estimate of drug-likeness (QED) is 0.451. The van der Waals surface area contributed by atoms with Gasteiger partial charge in [-0.05, 0) is 25.7 Å². The molecule has 3 atom stereocenters. The first-order valence-electron chi connectivity index (χ1n) is 8.02. The van der Waals surface area contributed by atoms with Gasteiger partial charge in [0.25, 0.3) is 0 Å². The van der Waals surface area contributed by atoms with Crippen molar-refractivity contribution in [2.24, 2.45) is 11.7 Å². The molecule has 0 bridgehead atoms. The first-order chi connectivity index (χ1) is 11.2. The molecule has 0 unspecified atom stereocenters. The van der Waals surface area contributed by atoms with Crippen LogP contribution in [0.25, 0.3) is 0 Å². The predicted octanol–water partition coefficient (Wildman–Crippen LogP) is -1.33. The molecule has 0 spiro atoms. The van der Waals surface area contributed by atoms with Crippen LogP contribution in [0, 0.1) is 5.92 Å². The topological polar surface area (TPSA) is 142 Å². The van der Waals surface area contributed by atoms with Crippen LogP contribution in [0.3, 0.4) is 0 Å². The lowest BCUT2D eigenvalue weighted by molar-refractivity contribution is -0.150. The number of hydrogen-bond acceptors (Lipinski definition) is 5. The number of nitrogens with one attached hydrogen (secondary N) is 2. The molecular formula is C15H26N4O5. The number of hydrogen-bond donors (Lipinski definition) is 4. The molecule has 1 heterocycles. The Balaban J connectivity index is 2.79. The lowest BCUT2D eigenvalue weighted by atomic mass is 10.0. The minimum absolute atomic E-state index is 0.228. The number of aliphatic carboxylic acids is 1. The van der Waals surface area contributed by atoms with Crippen molar-refractivity contribution in [3.05, 3.63) is 0 Å². The number of carboxylic acids is 1. The van der Waals surface area contributed by atoms with Gasteiger partial charge in [0.1, 0.15) is 18.1 Å². The van der Waals surface area contributed by atoms with Crippen molar-refractivity contribution >= 4 is 23.7 Å². The molecule has 24 heavy (non-hydrogen) atoms. The molecular weight excluding hydrogens is 316 g/mol. The van der Waals surface area contributed by atoms with Crippen LogP contribution in [0.15, 0.2) is 0 Å². The fourth-order valence-electron chi connectivity index (χ4n) is 2.62. The lowest BCUT2D eigenvalue weighted by Crippen LogP contribution is -2.57. The molecule has 0 saturated carbocycles. The fraction of sp³-hybridized carbons (Fsp3) is 0.733. The molecule has 0 aromatic rings. The Bertz CT molecular complexity index is 508. The summed E-state index contributed by atoms with van der Waals surface area (Å²) >= 11 is 0. The summed E-state index contributed by atoms with van der Waals surface area (Å²) < 4.78 is 0. The lowest BCUT2D eigenvalue weighted by Gasteiger charge is -2.30. The number of carbonyl (C=O) groups is 4. The Morgan fingerprint density at radius 3 is 2.33 bits per heavy atom. The molecule has 0 aliphatic carbocycles. The summed E-state index contributed by atoms with van der Waals surface area (Å²) in [5.41, 5.74) is 5.18. The van der Waals surface area contributed by atoms with Crippen LogP contribution >= 0.6 is 0 Å². The summed E-state index contributed by atoms with van der Waals surface area (Å²) in [6.45, 7) is 5.13. The largest absolute Gasteiger partial charge is 0.480 e. The molecule has 0 aromatic carbocycles. The van der Waals surface area contributed by atoms with E-state index < -0.39 is 41.8 Å². The van der Waals surface area contributed by atoms with Crippen LogP contribution in [-0.4, -0.2) is 64.9 Å². The molecule has 1 saturated heterocycles. The van der Waals surface area contributed by atoms with Crippen LogP contribution in [0.2, 0.25) is 0 Å². The van der Waals surface area contributed by atoms with Gasteiger partial charge in [0.2, 0.25) is 17.7 Å². The van der Waals surface area contributed by atoms with Gasteiger partial charge >= 0.3 is 5.97 Å². The van der Waals surface area contributed by atoms with Crippen LogP contribution in [-0.2, 0) is 19.2 Å². The van der Waals surface area contributed by atoms with E-state index in [1.165, 1.54) is 11.8 Å². The zero-order chi connectivity index (χ0) is 18.4. The van der Waals surface area contributed by atoms with Gasteiger partial charge in [-0.25, -0.2) is 4.79 Å². The summed E-state index contributed by atoms with van der Waals surface area (Å²) in [6.07, 6.45) is 1.02. The molecule has 9 heteroatoms. The number of carbonyl (C=O) groups excluding carboxylic acids is 3. The number of nitrogens with two attached hydrogens (primary N) is 1. The van der Waals surface area contributed by atoms with E-state index in [9.17, 15) is 24.3 Å². The third-order valence-electron chi connectivity index (χ3n) is 4.01. The van der Waals surface area contributed by atoms with Crippen molar-refractivity contribution in [1.82, 2.24) is 15.5 Å². The van der Waals surface area contributed by atoms with E-state index in [2.05, 4.69) is 10.6 Å². The summed E-state index contributed by atoms with van der Waals surface area (Å²) in [5, 5.41) is 14.2. The van der Waals surface area contributed by atoms with E-state index in [0.717, 1.165) is 0 Å². The maximum absolute atomic E-state index is 12.7. The second-order valence-corrected chi connectivity index (χ2v) is 6.25. The first kappa shape index (κ1) is 19.9. The summed E-state index contributed by atoms with van der Waals surface area (Å²) in [4.78, 5) is 48.7. The number of rotatable bonds is 7. The van der Waals surface area contributed by atoms with Crippen molar-refractivity contribution < 1.29 is 24.3 Å². The van der Waals surface area contributed by atoms with E-state index in [1.54, 1.807) is 13.8 Å². The Morgan fingerprint density at radius 1 is 1.21 bits per heavy atom. The molecule has 5 N–H and O–H groups in total. The fourth-order valence-corrected chi connectivity index (χ4v) is 2.62. The van der Waals surface area contributed by atoms with E-state index >= 15 is 0 Å². The van der Waals surface area contributed by atoms with Gasteiger partial charge < -0.3 is 26.4 Å². The van der Waals surface area contributed by atoms with Crippen LogP contribution in [0.4, 0.5) is 0 Å². The van der Waals surface area contributed by atoms with Gasteiger partial charge in [0.05, 0.1) is 6.54 Å². The van der Waals surface area contributed by atoms with E-state index in [0.29, 0.717) is 19.4 Å². The minimum atomic E-state index is -1.04. The van der Waals surface area contributed by atoms with Crippen LogP contribution in [0.1, 0.15) is 33.6 Å². The molecule has 0 aromatic heterocycles. The molecule has 136 valence electrons. The highest BCUT2D eigenvalue weighted by molar-refractivity contribution is 5.93. The average Bonchev–Trinajstić information content (AvgIpc) is 3.00. The average molecular weight is 342 g/mol. The third kappa shape index (κ3) is 4.92. The Hall–Kier alpha value is -2.16. The Labute approximate surface area is 140 Å². The molecule has 0 radical (unpaired) electrons. The van der Waals surface area contributed by atoms with Gasteiger partial charge in [-0.3, -0.25) is 14.4 Å². The third-order valence-corrected chi connectivity index (χ3v) is 4.01. The highest BCUT2D eigenvalue weighted by atomic mass is 16.4. The number of likely N-dealkylation sites (tertiary alicyclic amines) is 1. The Morgan fingerprint density at radius 2 is 1.83 bits per heavy atom. The smallest absolute Gasteiger partial charge is 0.326 e. The SMILES string of the molecule is CC(C)[C@H](NC(=O)[C@H](C)NC(=O)CN)C(=O)N1CCC[C@H]1C(=O)O. The summed E-state index contributed by atoms with van der Waals surface area (Å²) in [7, 11) is 0. The van der Waals surface area contributed by atoms with E-state index in [1.807, 2.05) is 0 Å². The molecule has 9 nitrogen and oxygen atoms in total. The number of amides is 3. The Kier molecular flexibility index (Phi) is 7.15. The second-order valence-electron chi connectivity index (χ2n) is 6.25. The van der Waals surface area contributed by atoms with Crippen molar-refractivity contribution in [1.29, 1.82) is 0 Å². The van der Waals surface area contributed by atoms with Gasteiger partial charge in [0, 0.05) is 6.54 Å². The molecule has 1 aliphatic rings. The van der Waals surface area contributed by atoms with Crippen molar-refractivity contribution in [3.8, 4) is 0 Å². The van der Waals surface area contributed by atoms with E-state index in [-0.39, 0.29) is 12.5 Å². The second kappa shape index (κ2) is 8.62. The summed E-state index contributed by atoms with van der Waals surface area (Å²) in [6, 6.07) is -2.55. The van der Waals surface area contributed by atoms with Crippen molar-refractivity contribution in [2.75, 3.05) is 13.1 Å². The predicted molar refractivity (Wildman–Crippen MR) is 85.8 cm³/mol.